The first kappa shape index (κ1) is 29.7. The molecule has 1 atom stereocenters. The second kappa shape index (κ2) is 11.1. The maximum Gasteiger partial charge on any atom is 0.417 e. The van der Waals surface area contributed by atoms with Gasteiger partial charge in [-0.2, -0.15) is 28.2 Å². The van der Waals surface area contributed by atoms with Crippen molar-refractivity contribution in [2.24, 2.45) is 0 Å². The largest absolute Gasteiger partial charge is 0.417 e. The van der Waals surface area contributed by atoms with E-state index in [1.54, 1.807) is 38.1 Å². The number of fused-ring (bicyclic) bond motifs is 1. The second-order valence-electron chi connectivity index (χ2n) is 9.98. The zero-order valence-corrected chi connectivity index (χ0v) is 24.6. The van der Waals surface area contributed by atoms with Crippen LogP contribution < -0.4 is 10.9 Å². The zero-order chi connectivity index (χ0) is 31.2. The van der Waals surface area contributed by atoms with Gasteiger partial charge in [0.25, 0.3) is 17.4 Å². The van der Waals surface area contributed by atoms with Crippen LogP contribution in [-0.4, -0.2) is 49.1 Å². The molecular formula is C29H23BrF3N7O3. The summed E-state index contributed by atoms with van der Waals surface area (Å²) >= 11 is 2.89. The number of carbonyl (C=O) groups is 2. The third-order valence-corrected chi connectivity index (χ3v) is 7.82. The normalized spacial score (nSPS) is 14.7. The minimum absolute atomic E-state index is 0.0222. The van der Waals surface area contributed by atoms with Gasteiger partial charge in [-0.25, -0.2) is 9.55 Å². The van der Waals surface area contributed by atoms with Crippen LogP contribution in [0.1, 0.15) is 55.8 Å². The van der Waals surface area contributed by atoms with Crippen LogP contribution in [0, 0.1) is 18.3 Å². The van der Waals surface area contributed by atoms with Gasteiger partial charge in [0.2, 0.25) is 5.95 Å². The lowest BCUT2D eigenvalue weighted by Crippen LogP contribution is -2.46. The molecule has 2 aromatic carbocycles. The van der Waals surface area contributed by atoms with Crippen LogP contribution in [0.3, 0.4) is 0 Å². The highest BCUT2D eigenvalue weighted by Crippen LogP contribution is 2.36. The van der Waals surface area contributed by atoms with E-state index in [0.29, 0.717) is 22.5 Å². The van der Waals surface area contributed by atoms with Crippen LogP contribution in [0.4, 0.5) is 13.2 Å². The van der Waals surface area contributed by atoms with Gasteiger partial charge < -0.3 is 10.2 Å². The Hall–Kier alpha value is -4.77. The molecule has 0 fully saturated rings. The number of carbonyl (C=O) groups excluding carboxylic acids is 2. The molecule has 0 saturated heterocycles. The summed E-state index contributed by atoms with van der Waals surface area (Å²) in [7, 11) is 1.50. The number of hydrogen-bond acceptors (Lipinski definition) is 6. The van der Waals surface area contributed by atoms with Crippen molar-refractivity contribution >= 4 is 27.7 Å². The monoisotopic (exact) mass is 653 g/mol. The van der Waals surface area contributed by atoms with Gasteiger partial charge in [0, 0.05) is 34.3 Å². The predicted molar refractivity (Wildman–Crippen MR) is 152 cm³/mol. The Labute approximate surface area is 251 Å². The minimum Gasteiger partial charge on any atom is -0.355 e. The van der Waals surface area contributed by atoms with E-state index in [4.69, 9.17) is 4.98 Å². The topological polar surface area (TPSA) is 126 Å². The Balaban J connectivity index is 1.64. The number of benzene rings is 2. The lowest BCUT2D eigenvalue weighted by molar-refractivity contribution is -0.138. The van der Waals surface area contributed by atoms with Gasteiger partial charge in [-0.15, -0.1) is 0 Å². The van der Waals surface area contributed by atoms with Crippen molar-refractivity contribution in [2.45, 2.75) is 39.0 Å². The molecule has 14 heteroatoms. The van der Waals surface area contributed by atoms with Crippen LogP contribution in [0.25, 0.3) is 11.6 Å². The number of aryl methyl sites for hydroxylation is 1. The zero-order valence-electron chi connectivity index (χ0n) is 23.0. The third kappa shape index (κ3) is 5.43. The Bertz CT molecular complexity index is 1870. The summed E-state index contributed by atoms with van der Waals surface area (Å²) in [6.45, 7) is 3.21. The molecule has 0 radical (unpaired) electrons. The summed E-state index contributed by atoms with van der Waals surface area (Å²) in [5.74, 6) is -0.990. The quantitative estimate of drug-likeness (QED) is 0.350. The van der Waals surface area contributed by atoms with Crippen molar-refractivity contribution in [1.29, 1.82) is 5.26 Å². The Morgan fingerprint density at radius 3 is 2.42 bits per heavy atom. The predicted octanol–water partition coefficient (Wildman–Crippen LogP) is 4.33. The number of nitrogens with one attached hydrogen (secondary N) is 1. The Kier molecular flexibility index (Phi) is 7.70. The highest BCUT2D eigenvalue weighted by atomic mass is 79.9. The molecule has 2 amide bonds. The van der Waals surface area contributed by atoms with Crippen molar-refractivity contribution in [2.75, 3.05) is 7.05 Å². The molecule has 220 valence electrons. The van der Waals surface area contributed by atoms with Gasteiger partial charge in [0.05, 0.1) is 29.2 Å². The fourth-order valence-electron chi connectivity index (χ4n) is 4.97. The first-order valence-corrected chi connectivity index (χ1v) is 13.8. The van der Waals surface area contributed by atoms with E-state index >= 15 is 0 Å². The van der Waals surface area contributed by atoms with E-state index in [1.165, 1.54) is 39.4 Å². The van der Waals surface area contributed by atoms with Gasteiger partial charge in [-0.3, -0.25) is 14.4 Å². The number of hydrogen-bond donors (Lipinski definition) is 1. The van der Waals surface area contributed by atoms with Crippen molar-refractivity contribution in [3.8, 4) is 17.7 Å². The molecule has 0 bridgehead atoms. The first-order valence-electron chi connectivity index (χ1n) is 13.0. The molecule has 5 rings (SSSR count). The average Bonchev–Trinajstić information content (AvgIpc) is 3.36. The lowest BCUT2D eigenvalue weighted by atomic mass is 9.98. The van der Waals surface area contributed by atoms with E-state index in [-0.39, 0.29) is 46.2 Å². The number of nitriles is 1. The van der Waals surface area contributed by atoms with Gasteiger partial charge in [0.1, 0.15) is 11.8 Å². The summed E-state index contributed by atoms with van der Waals surface area (Å²) in [6.07, 6.45) is -4.59. The van der Waals surface area contributed by atoms with Crippen LogP contribution >= 0.6 is 15.9 Å². The summed E-state index contributed by atoms with van der Waals surface area (Å²) in [4.78, 5) is 45.7. The summed E-state index contributed by atoms with van der Waals surface area (Å²) in [5.41, 5.74) is 0.256. The average molecular weight is 654 g/mol. The van der Waals surface area contributed by atoms with Crippen LogP contribution in [0.2, 0.25) is 0 Å². The third-order valence-electron chi connectivity index (χ3n) is 7.13. The van der Waals surface area contributed by atoms with Crippen molar-refractivity contribution < 1.29 is 22.8 Å². The minimum atomic E-state index is -4.67. The highest BCUT2D eigenvalue weighted by molar-refractivity contribution is 9.10. The number of aromatic nitrogens is 4. The summed E-state index contributed by atoms with van der Waals surface area (Å²) in [6, 6.07) is 12.5. The van der Waals surface area contributed by atoms with Crippen LogP contribution in [0.15, 0.2) is 57.8 Å². The van der Waals surface area contributed by atoms with E-state index in [2.05, 4.69) is 26.3 Å². The van der Waals surface area contributed by atoms with Crippen molar-refractivity contribution in [1.82, 2.24) is 29.5 Å². The molecular weight excluding hydrogens is 631 g/mol. The maximum atomic E-state index is 14.1. The molecule has 2 aromatic heterocycles. The van der Waals surface area contributed by atoms with Gasteiger partial charge in [-0.1, -0.05) is 15.9 Å². The number of nitrogens with zero attached hydrogens (tertiary/aromatic N) is 6. The van der Waals surface area contributed by atoms with E-state index < -0.39 is 29.2 Å². The van der Waals surface area contributed by atoms with E-state index in [1.807, 2.05) is 6.07 Å². The number of halogens is 4. The van der Waals surface area contributed by atoms with E-state index in [0.717, 1.165) is 6.07 Å². The number of alkyl halides is 3. The van der Waals surface area contributed by atoms with Gasteiger partial charge >= 0.3 is 6.18 Å². The maximum absolute atomic E-state index is 14.1. The Morgan fingerprint density at radius 1 is 1.12 bits per heavy atom. The number of amides is 2. The van der Waals surface area contributed by atoms with Crippen molar-refractivity contribution in [3.63, 3.8) is 0 Å². The molecule has 0 aliphatic carbocycles. The molecule has 1 unspecified atom stereocenters. The molecule has 1 aliphatic heterocycles. The molecule has 1 N–H and O–H groups in total. The van der Waals surface area contributed by atoms with Gasteiger partial charge in [0.15, 0.2) is 0 Å². The molecule has 43 heavy (non-hydrogen) atoms. The lowest BCUT2D eigenvalue weighted by Gasteiger charge is -2.34. The van der Waals surface area contributed by atoms with Gasteiger partial charge in [-0.05, 0) is 68.8 Å². The van der Waals surface area contributed by atoms with Crippen molar-refractivity contribution in [3.05, 3.63) is 103 Å². The molecule has 0 spiro atoms. The fourth-order valence-corrected chi connectivity index (χ4v) is 5.44. The first-order chi connectivity index (χ1) is 20.3. The van der Waals surface area contributed by atoms with E-state index in [9.17, 15) is 32.8 Å². The summed E-state index contributed by atoms with van der Waals surface area (Å²) in [5, 5.41) is 16.6. The summed E-state index contributed by atoms with van der Waals surface area (Å²) < 4.78 is 42.9. The second-order valence-corrected chi connectivity index (χ2v) is 10.8. The molecule has 1 aliphatic rings. The molecule has 0 saturated carbocycles. The smallest absolute Gasteiger partial charge is 0.355 e. The van der Waals surface area contributed by atoms with Crippen LogP contribution in [-0.2, 0) is 19.1 Å². The highest BCUT2D eigenvalue weighted by Gasteiger charge is 2.36. The molecule has 3 heterocycles. The fraction of sp³-hybridized carbons (Fsp3) is 0.241. The number of rotatable bonds is 4. The standard InChI is InChI=1S/C29H23BrF3N7O3/c1-15-10-20(13-34)40(37-15)28-36-24-14-38(26(42)18-6-9-23(30)22(12-18)29(31,32)33)16(2)11-21(24)27(43)39(28)19-7-4-17(5-8-19)25(41)35-3/h4-10,12,16H,11,14H2,1-3H3,(H,35,41). The molecule has 4 aromatic rings. The SMILES string of the molecule is CNC(=O)c1ccc(-n2c(-n3nc(C)cc3C#N)nc3c(c2=O)CC(C)N(C(=O)c2ccc(Br)c(C(F)(F)F)c2)C3)cc1. The Morgan fingerprint density at radius 2 is 1.79 bits per heavy atom. The van der Waals surface area contributed by atoms with Crippen LogP contribution in [0.5, 0.6) is 0 Å². The molecule has 10 nitrogen and oxygen atoms in total.